The quantitative estimate of drug-likeness (QED) is 0.291. The predicted octanol–water partition coefficient (Wildman–Crippen LogP) is -3.36. The first-order chi connectivity index (χ1) is 11.9. The highest BCUT2D eigenvalue weighted by molar-refractivity contribution is 8.14. The third-order valence-corrected chi connectivity index (χ3v) is 6.15. The van der Waals surface area contributed by atoms with Crippen molar-refractivity contribution in [3.63, 3.8) is 0 Å². The predicted molar refractivity (Wildman–Crippen MR) is 84.8 cm³/mol. The van der Waals surface area contributed by atoms with Crippen molar-refractivity contribution in [2.24, 2.45) is 10.9 Å². The van der Waals surface area contributed by atoms with E-state index in [2.05, 4.69) is 4.99 Å². The molecule has 10 nitrogen and oxygen atoms in total. The Hall–Kier alpha value is -0.500. The lowest BCUT2D eigenvalue weighted by molar-refractivity contribution is -0.271. The van der Waals surface area contributed by atoms with Crippen molar-refractivity contribution in [3.05, 3.63) is 0 Å². The molecule has 3 aliphatic heterocycles. The number of aliphatic hydroxyl groups is 6. The maximum absolute atomic E-state index is 10.8. The topological polar surface area (TPSA) is 161 Å². The molecule has 3 aliphatic rings. The minimum atomic E-state index is -1.57. The molecule has 0 aromatic rings. The van der Waals surface area contributed by atoms with Gasteiger partial charge in [0, 0.05) is 5.92 Å². The van der Waals surface area contributed by atoms with Crippen LogP contribution < -0.4 is 0 Å². The zero-order valence-electron chi connectivity index (χ0n) is 13.5. The number of rotatable bonds is 3. The first kappa shape index (κ1) is 19.3. The molecule has 6 N–H and O–H groups in total. The molecule has 11 heteroatoms. The van der Waals surface area contributed by atoms with E-state index in [0.717, 1.165) is 11.8 Å². The number of thioether (sulfide) groups is 1. The van der Waals surface area contributed by atoms with Crippen molar-refractivity contribution in [3.8, 4) is 0 Å². The fourth-order valence-electron chi connectivity index (χ4n) is 3.56. The second-order valence-electron chi connectivity index (χ2n) is 6.29. The normalized spacial score (nSPS) is 50.3. The minimum Gasteiger partial charge on any atom is -0.476 e. The molecule has 0 aromatic carbocycles. The molecule has 2 fully saturated rings. The third-order valence-electron chi connectivity index (χ3n) is 4.89. The van der Waals surface area contributed by atoms with Gasteiger partial charge in [0.05, 0.1) is 43.9 Å². The molecule has 0 aromatic heterocycles. The van der Waals surface area contributed by atoms with Crippen LogP contribution in [0.1, 0.15) is 0 Å². The molecule has 0 bridgehead atoms. The van der Waals surface area contributed by atoms with Crippen molar-refractivity contribution in [1.82, 2.24) is 0 Å². The van der Waals surface area contributed by atoms with Gasteiger partial charge in [-0.25, -0.2) is 4.99 Å². The molecule has 0 amide bonds. The van der Waals surface area contributed by atoms with Crippen LogP contribution in [0, 0.1) is 5.92 Å². The summed E-state index contributed by atoms with van der Waals surface area (Å²) in [5.74, 6) is -0.906. The van der Waals surface area contributed by atoms with Crippen LogP contribution in [0.2, 0.25) is 0 Å². The summed E-state index contributed by atoms with van der Waals surface area (Å²) >= 11 is 1.16. The molecule has 0 spiro atoms. The Morgan fingerprint density at radius 2 is 1.64 bits per heavy atom. The highest BCUT2D eigenvalue weighted by Crippen LogP contribution is 2.42. The van der Waals surface area contributed by atoms with Crippen LogP contribution >= 0.6 is 11.8 Å². The van der Waals surface area contributed by atoms with Crippen molar-refractivity contribution >= 4 is 17.0 Å². The summed E-state index contributed by atoms with van der Waals surface area (Å²) in [6.07, 6.45) is -9.58. The summed E-state index contributed by atoms with van der Waals surface area (Å²) in [5.41, 5.74) is 0. The first-order valence-electron chi connectivity index (χ1n) is 7.96. The monoisotopic (exact) mass is 381 g/mol. The van der Waals surface area contributed by atoms with E-state index >= 15 is 0 Å². The molecule has 25 heavy (non-hydrogen) atoms. The summed E-state index contributed by atoms with van der Waals surface area (Å²) in [6, 6.07) is 0. The molecule has 0 aliphatic carbocycles. The number of ether oxygens (including phenoxy) is 3. The summed E-state index contributed by atoms with van der Waals surface area (Å²) in [4.78, 5) is 4.17. The minimum absolute atomic E-state index is 0.334. The van der Waals surface area contributed by atoms with Crippen molar-refractivity contribution in [1.29, 1.82) is 0 Å². The second-order valence-corrected chi connectivity index (χ2v) is 7.42. The molecule has 0 radical (unpaired) electrons. The van der Waals surface area contributed by atoms with E-state index in [-0.39, 0.29) is 0 Å². The zero-order valence-corrected chi connectivity index (χ0v) is 14.3. The Bertz CT molecular complexity index is 507. The lowest BCUT2D eigenvalue weighted by Crippen LogP contribution is -2.66. The molecule has 2 saturated heterocycles. The van der Waals surface area contributed by atoms with E-state index in [1.807, 2.05) is 0 Å². The number of hydrogen-bond donors (Lipinski definition) is 6. The highest BCUT2D eigenvalue weighted by Gasteiger charge is 2.56. The van der Waals surface area contributed by atoms with Crippen LogP contribution in [0.5, 0.6) is 0 Å². The van der Waals surface area contributed by atoms with E-state index in [0.29, 0.717) is 5.23 Å². The molecule has 0 saturated carbocycles. The molecule has 3 rings (SSSR count). The first-order valence-corrected chi connectivity index (χ1v) is 8.84. The molecule has 0 unspecified atom stereocenters. The van der Waals surface area contributed by atoms with E-state index < -0.39 is 73.3 Å². The van der Waals surface area contributed by atoms with Gasteiger partial charge < -0.3 is 44.8 Å². The third kappa shape index (κ3) is 3.29. The average Bonchev–Trinajstić information content (AvgIpc) is 3.04. The number of nitrogens with zero attached hydrogens (tertiary/aromatic N) is 1. The molecule has 3 heterocycles. The molecule has 10 atom stereocenters. The van der Waals surface area contributed by atoms with Crippen LogP contribution in [-0.4, -0.2) is 110 Å². The van der Waals surface area contributed by atoms with Gasteiger partial charge in [0.2, 0.25) is 5.23 Å². The Balaban J connectivity index is 1.84. The summed E-state index contributed by atoms with van der Waals surface area (Å²) < 4.78 is 16.3. The van der Waals surface area contributed by atoms with E-state index in [4.69, 9.17) is 14.2 Å². The lowest BCUT2D eigenvalue weighted by Gasteiger charge is -2.49. The van der Waals surface area contributed by atoms with Gasteiger partial charge in [-0.1, -0.05) is 11.8 Å². The van der Waals surface area contributed by atoms with Gasteiger partial charge in [0.1, 0.15) is 24.4 Å². The van der Waals surface area contributed by atoms with Crippen molar-refractivity contribution in [2.45, 2.75) is 54.2 Å². The Morgan fingerprint density at radius 3 is 2.24 bits per heavy atom. The van der Waals surface area contributed by atoms with Crippen LogP contribution in [0.15, 0.2) is 4.99 Å². The summed E-state index contributed by atoms with van der Waals surface area (Å²) in [6.45, 7) is -1.05. The van der Waals surface area contributed by atoms with Gasteiger partial charge in [0.15, 0.2) is 6.23 Å². The molecular formula is C14H23NO9S. The highest BCUT2D eigenvalue weighted by atomic mass is 32.2. The molecule has 144 valence electrons. The summed E-state index contributed by atoms with van der Waals surface area (Å²) in [7, 11) is 1.44. The molecular weight excluding hydrogens is 358 g/mol. The fraction of sp³-hybridized carbons (Fsp3) is 0.929. The van der Waals surface area contributed by atoms with Gasteiger partial charge in [-0.15, -0.1) is 0 Å². The Morgan fingerprint density at radius 1 is 0.960 bits per heavy atom. The lowest BCUT2D eigenvalue weighted by atomic mass is 9.79. The van der Waals surface area contributed by atoms with Gasteiger partial charge in [-0.2, -0.15) is 0 Å². The fourth-order valence-corrected chi connectivity index (χ4v) is 4.61. The number of aliphatic imine (C=N–C) groups is 1. The second kappa shape index (κ2) is 7.62. The van der Waals surface area contributed by atoms with Crippen LogP contribution in [0.3, 0.4) is 0 Å². The smallest absolute Gasteiger partial charge is 0.248 e. The van der Waals surface area contributed by atoms with Crippen molar-refractivity contribution in [2.75, 3.05) is 20.3 Å². The maximum atomic E-state index is 10.8. The van der Waals surface area contributed by atoms with Crippen LogP contribution in [0.4, 0.5) is 0 Å². The number of aliphatic hydroxyl groups excluding tert-OH is 6. The average molecular weight is 381 g/mol. The largest absolute Gasteiger partial charge is 0.476 e. The standard InChI is InChI=1S/C14H23NO9S/c1-22-14-15-13-12(25-14)8(19)6(4(2-16)24-13)11-10(21)9(20)7(18)5(3-17)23-11/h4-13,16-21H,2-3H2,1H3/t4-,5-,6-,7-,8+,9+,10-,11-,12-,13+/m1/s1. The van der Waals surface area contributed by atoms with E-state index in [1.165, 1.54) is 7.11 Å². The van der Waals surface area contributed by atoms with Crippen LogP contribution in [-0.2, 0) is 14.2 Å². The zero-order chi connectivity index (χ0) is 18.3. The Labute approximate surface area is 148 Å². The van der Waals surface area contributed by atoms with Gasteiger partial charge in [0.25, 0.3) is 0 Å². The van der Waals surface area contributed by atoms with E-state index in [1.54, 1.807) is 0 Å². The van der Waals surface area contributed by atoms with Gasteiger partial charge in [-0.3, -0.25) is 0 Å². The number of methoxy groups -OCH3 is 1. The van der Waals surface area contributed by atoms with E-state index in [9.17, 15) is 30.6 Å². The SMILES string of the molecule is COC1=N[C@H]2O[C@H](CO)[C@@H]([C@H]3O[C@H](CO)[C@@H](O)[C@H](O)[C@H]3O)[C@H](O)[C@H]2S1. The number of hydrogen-bond acceptors (Lipinski definition) is 11. The van der Waals surface area contributed by atoms with Crippen molar-refractivity contribution < 1.29 is 44.8 Å². The number of fused-ring (bicyclic) bond motifs is 1. The van der Waals surface area contributed by atoms with Gasteiger partial charge in [-0.05, 0) is 0 Å². The van der Waals surface area contributed by atoms with Crippen LogP contribution in [0.25, 0.3) is 0 Å². The summed E-state index contributed by atoms with van der Waals surface area (Å²) in [5, 5.41) is 59.8. The Kier molecular flexibility index (Phi) is 5.88. The maximum Gasteiger partial charge on any atom is 0.248 e. The van der Waals surface area contributed by atoms with Gasteiger partial charge >= 0.3 is 0 Å².